The molecule has 0 radical (unpaired) electrons. The van der Waals surface area contributed by atoms with Crippen LogP contribution >= 0.6 is 11.6 Å². The zero-order valence-electron chi connectivity index (χ0n) is 14.7. The molecule has 0 spiro atoms. The van der Waals surface area contributed by atoms with E-state index in [-0.39, 0.29) is 22.3 Å². The third kappa shape index (κ3) is 5.92. The lowest BCUT2D eigenvalue weighted by Gasteiger charge is -2.23. The molecule has 1 aliphatic carbocycles. The van der Waals surface area contributed by atoms with Gasteiger partial charge in [-0.2, -0.15) is 0 Å². The molecule has 1 fully saturated rings. The molecule has 1 aliphatic rings. The summed E-state index contributed by atoms with van der Waals surface area (Å²) in [5.74, 6) is -1.81. The Bertz CT molecular complexity index is 748. The fraction of sp³-hybridized carbons (Fsp3) is 0.471. The van der Waals surface area contributed by atoms with E-state index in [0.29, 0.717) is 0 Å². The largest absolute Gasteiger partial charge is 0.449 e. The number of nitrogens with one attached hydrogen (secondary N) is 2. The number of carbonyl (C=O) groups excluding carboxylic acids is 3. The van der Waals surface area contributed by atoms with Crippen molar-refractivity contribution >= 4 is 35.2 Å². The maximum Gasteiger partial charge on any atom is 0.340 e. The SMILES string of the molecule is C[C@H](OC(=O)c1cc([N+](=O)[O-])ccc1Cl)C(=O)NC(=O)NC1CCCCC1. The molecule has 10 heteroatoms. The Morgan fingerprint density at radius 1 is 1.26 bits per heavy atom. The minimum Gasteiger partial charge on any atom is -0.449 e. The van der Waals surface area contributed by atoms with Crippen LogP contribution in [-0.2, 0) is 9.53 Å². The lowest BCUT2D eigenvalue weighted by molar-refractivity contribution is -0.384. The van der Waals surface area contributed by atoms with E-state index in [9.17, 15) is 24.5 Å². The van der Waals surface area contributed by atoms with Crippen LogP contribution in [0.25, 0.3) is 0 Å². The lowest BCUT2D eigenvalue weighted by atomic mass is 9.96. The van der Waals surface area contributed by atoms with Gasteiger partial charge in [0, 0.05) is 18.2 Å². The standard InChI is InChI=1S/C17H20ClN3O6/c1-10(15(22)20-17(24)19-11-5-3-2-4-6-11)27-16(23)13-9-12(21(25)26)7-8-14(13)18/h7-11H,2-6H2,1H3,(H2,19,20,22,24)/t10-/m0/s1. The number of urea groups is 1. The Morgan fingerprint density at radius 2 is 1.93 bits per heavy atom. The zero-order valence-corrected chi connectivity index (χ0v) is 15.5. The molecule has 2 rings (SSSR count). The zero-order chi connectivity index (χ0) is 20.0. The number of halogens is 1. The maximum atomic E-state index is 12.1. The van der Waals surface area contributed by atoms with Crippen molar-refractivity contribution in [1.82, 2.24) is 10.6 Å². The van der Waals surface area contributed by atoms with E-state index < -0.39 is 28.9 Å². The van der Waals surface area contributed by atoms with Crippen LogP contribution in [0.1, 0.15) is 49.4 Å². The van der Waals surface area contributed by atoms with Gasteiger partial charge in [-0.05, 0) is 25.8 Å². The van der Waals surface area contributed by atoms with E-state index in [2.05, 4.69) is 10.6 Å². The number of non-ortho nitro benzene ring substituents is 1. The van der Waals surface area contributed by atoms with E-state index in [1.807, 2.05) is 0 Å². The van der Waals surface area contributed by atoms with Gasteiger partial charge in [-0.15, -0.1) is 0 Å². The van der Waals surface area contributed by atoms with Crippen molar-refractivity contribution in [3.05, 3.63) is 38.9 Å². The topological polar surface area (TPSA) is 128 Å². The molecule has 1 aromatic rings. The summed E-state index contributed by atoms with van der Waals surface area (Å²) < 4.78 is 4.97. The van der Waals surface area contributed by atoms with Gasteiger partial charge in [0.2, 0.25) is 0 Å². The first kappa shape index (κ1) is 20.6. The summed E-state index contributed by atoms with van der Waals surface area (Å²) in [5.41, 5.74) is -0.576. The van der Waals surface area contributed by atoms with Gasteiger partial charge in [-0.25, -0.2) is 9.59 Å². The van der Waals surface area contributed by atoms with Gasteiger partial charge >= 0.3 is 12.0 Å². The number of hydrogen-bond acceptors (Lipinski definition) is 6. The number of ether oxygens (including phenoxy) is 1. The summed E-state index contributed by atoms with van der Waals surface area (Å²) in [4.78, 5) is 46.2. The Kier molecular flexibility index (Phi) is 7.12. The first-order chi connectivity index (χ1) is 12.8. The molecule has 1 aromatic carbocycles. The minimum atomic E-state index is -1.29. The highest BCUT2D eigenvalue weighted by Crippen LogP contribution is 2.23. The molecule has 0 bridgehead atoms. The number of rotatable bonds is 5. The summed E-state index contributed by atoms with van der Waals surface area (Å²) in [5, 5.41) is 15.6. The number of hydrogen-bond donors (Lipinski definition) is 2. The van der Waals surface area contributed by atoms with Crippen molar-refractivity contribution in [2.24, 2.45) is 0 Å². The number of nitro benzene ring substituents is 1. The Balaban J connectivity index is 1.91. The average molecular weight is 398 g/mol. The highest BCUT2D eigenvalue weighted by Gasteiger charge is 2.24. The second-order valence-electron chi connectivity index (χ2n) is 6.27. The Hall–Kier alpha value is -2.68. The average Bonchev–Trinajstić information content (AvgIpc) is 2.62. The van der Waals surface area contributed by atoms with Gasteiger partial charge in [0.05, 0.1) is 15.5 Å². The summed E-state index contributed by atoms with van der Waals surface area (Å²) >= 11 is 5.86. The van der Waals surface area contributed by atoms with Crippen LogP contribution in [0.5, 0.6) is 0 Å². The van der Waals surface area contributed by atoms with Crippen LogP contribution in [0, 0.1) is 10.1 Å². The quantitative estimate of drug-likeness (QED) is 0.446. The summed E-state index contributed by atoms with van der Waals surface area (Å²) in [7, 11) is 0. The molecule has 1 saturated carbocycles. The van der Waals surface area contributed by atoms with Crippen molar-refractivity contribution < 1.29 is 24.0 Å². The minimum absolute atomic E-state index is 0.0214. The van der Waals surface area contributed by atoms with Crippen molar-refractivity contribution in [2.75, 3.05) is 0 Å². The van der Waals surface area contributed by atoms with Crippen molar-refractivity contribution in [1.29, 1.82) is 0 Å². The fourth-order valence-electron chi connectivity index (χ4n) is 2.74. The van der Waals surface area contributed by atoms with Gasteiger partial charge in [-0.3, -0.25) is 20.2 Å². The summed E-state index contributed by atoms with van der Waals surface area (Å²) in [6, 6.07) is 2.67. The third-order valence-electron chi connectivity index (χ3n) is 4.21. The predicted octanol–water partition coefficient (Wildman–Crippen LogP) is 2.95. The lowest BCUT2D eigenvalue weighted by Crippen LogP contribution is -2.48. The van der Waals surface area contributed by atoms with E-state index in [1.54, 1.807) is 0 Å². The highest BCUT2D eigenvalue weighted by atomic mass is 35.5. The van der Waals surface area contributed by atoms with Gasteiger partial charge in [-0.1, -0.05) is 30.9 Å². The molecule has 0 unspecified atom stereocenters. The van der Waals surface area contributed by atoms with Crippen LogP contribution in [0.3, 0.4) is 0 Å². The predicted molar refractivity (Wildman–Crippen MR) is 96.5 cm³/mol. The number of amides is 3. The van der Waals surface area contributed by atoms with Crippen molar-refractivity contribution in [3.63, 3.8) is 0 Å². The summed E-state index contributed by atoms with van der Waals surface area (Å²) in [6.45, 7) is 1.28. The van der Waals surface area contributed by atoms with E-state index in [4.69, 9.17) is 16.3 Å². The van der Waals surface area contributed by atoms with Gasteiger partial charge in [0.15, 0.2) is 6.10 Å². The molecule has 27 heavy (non-hydrogen) atoms. The number of benzene rings is 1. The smallest absolute Gasteiger partial charge is 0.340 e. The van der Waals surface area contributed by atoms with E-state index in [1.165, 1.54) is 13.0 Å². The monoisotopic (exact) mass is 397 g/mol. The van der Waals surface area contributed by atoms with Crippen LogP contribution in [-0.4, -0.2) is 35.0 Å². The van der Waals surface area contributed by atoms with Gasteiger partial charge in [0.25, 0.3) is 11.6 Å². The second kappa shape index (κ2) is 9.31. The third-order valence-corrected chi connectivity index (χ3v) is 4.54. The van der Waals surface area contributed by atoms with E-state index in [0.717, 1.165) is 44.2 Å². The van der Waals surface area contributed by atoms with Crippen LogP contribution in [0.4, 0.5) is 10.5 Å². The molecule has 1 atom stereocenters. The molecule has 2 N–H and O–H groups in total. The van der Waals surface area contributed by atoms with Crippen molar-refractivity contribution in [2.45, 2.75) is 51.2 Å². The number of esters is 1. The molecule has 146 valence electrons. The van der Waals surface area contributed by atoms with Gasteiger partial charge in [0.1, 0.15) is 0 Å². The maximum absolute atomic E-state index is 12.1. The molecule has 0 aromatic heterocycles. The summed E-state index contributed by atoms with van der Waals surface area (Å²) in [6.07, 6.45) is 3.61. The first-order valence-corrected chi connectivity index (χ1v) is 8.92. The fourth-order valence-corrected chi connectivity index (χ4v) is 2.94. The van der Waals surface area contributed by atoms with Crippen molar-refractivity contribution in [3.8, 4) is 0 Å². The van der Waals surface area contributed by atoms with Crippen LogP contribution in [0.15, 0.2) is 18.2 Å². The second-order valence-corrected chi connectivity index (χ2v) is 6.67. The van der Waals surface area contributed by atoms with Gasteiger partial charge < -0.3 is 10.1 Å². The number of imide groups is 1. The number of carbonyl (C=O) groups is 3. The molecule has 3 amide bonds. The van der Waals surface area contributed by atoms with Crippen LogP contribution in [0.2, 0.25) is 5.02 Å². The Labute approximate surface area is 160 Å². The van der Waals surface area contributed by atoms with E-state index >= 15 is 0 Å². The normalized spacial score (nSPS) is 15.5. The highest BCUT2D eigenvalue weighted by molar-refractivity contribution is 6.33. The molecule has 0 heterocycles. The van der Waals surface area contributed by atoms with Crippen LogP contribution < -0.4 is 10.6 Å². The molecule has 0 aliphatic heterocycles. The molecule has 9 nitrogen and oxygen atoms in total. The first-order valence-electron chi connectivity index (χ1n) is 8.54. The molecular formula is C17H20ClN3O6. The molecular weight excluding hydrogens is 378 g/mol. The molecule has 0 saturated heterocycles. The number of nitrogens with zero attached hydrogens (tertiary/aromatic N) is 1. The number of nitro groups is 1. The Morgan fingerprint density at radius 3 is 2.56 bits per heavy atom.